The molecule has 2 atom stereocenters. The minimum absolute atomic E-state index is 0.166. The molecule has 0 saturated heterocycles. The number of ether oxygens (including phenoxy) is 1. The van der Waals surface area contributed by atoms with Crippen LogP contribution in [0, 0.1) is 5.92 Å². The zero-order chi connectivity index (χ0) is 10.9. The number of likely N-dealkylation sites (N-methyl/N-ethyl adjacent to an activating group) is 1. The Morgan fingerprint density at radius 1 is 1.67 bits per heavy atom. The highest BCUT2D eigenvalue weighted by Crippen LogP contribution is 2.42. The number of halogens is 1. The van der Waals surface area contributed by atoms with E-state index in [4.69, 9.17) is 16.3 Å². The van der Waals surface area contributed by atoms with Gasteiger partial charge in [0.05, 0.1) is 11.7 Å². The summed E-state index contributed by atoms with van der Waals surface area (Å²) in [6, 6.07) is 3.57. The van der Waals surface area contributed by atoms with Gasteiger partial charge in [-0.3, -0.25) is 0 Å². The molecule has 0 spiro atoms. The van der Waals surface area contributed by atoms with E-state index in [1.807, 2.05) is 13.1 Å². The SMILES string of the molecule is CN[C@]1(COc2ccc(Cl)nc2)C[C@H]1C. The highest BCUT2D eigenvalue weighted by Gasteiger charge is 2.50. The fourth-order valence-corrected chi connectivity index (χ4v) is 1.88. The molecular formula is C11H15ClN2O. The summed E-state index contributed by atoms with van der Waals surface area (Å²) < 4.78 is 5.67. The average molecular weight is 227 g/mol. The number of hydrogen-bond donors (Lipinski definition) is 1. The van der Waals surface area contributed by atoms with Crippen molar-refractivity contribution in [2.45, 2.75) is 18.9 Å². The second kappa shape index (κ2) is 3.99. The van der Waals surface area contributed by atoms with Crippen molar-refractivity contribution in [1.29, 1.82) is 0 Å². The van der Waals surface area contributed by atoms with Gasteiger partial charge in [0, 0.05) is 0 Å². The Morgan fingerprint density at radius 3 is 2.87 bits per heavy atom. The third-order valence-corrected chi connectivity index (χ3v) is 3.37. The van der Waals surface area contributed by atoms with Crippen LogP contribution in [0.25, 0.3) is 0 Å². The number of hydrogen-bond acceptors (Lipinski definition) is 3. The normalized spacial score (nSPS) is 28.9. The van der Waals surface area contributed by atoms with Crippen LogP contribution in [0.2, 0.25) is 5.15 Å². The molecule has 2 rings (SSSR count). The van der Waals surface area contributed by atoms with Gasteiger partial charge in [0.15, 0.2) is 0 Å². The predicted molar refractivity (Wildman–Crippen MR) is 60.3 cm³/mol. The van der Waals surface area contributed by atoms with Gasteiger partial charge in [-0.25, -0.2) is 4.98 Å². The summed E-state index contributed by atoms with van der Waals surface area (Å²) in [4.78, 5) is 3.97. The Balaban J connectivity index is 1.91. The third-order valence-electron chi connectivity index (χ3n) is 3.15. The van der Waals surface area contributed by atoms with Crippen molar-refractivity contribution in [3.63, 3.8) is 0 Å². The Hall–Kier alpha value is -0.800. The third kappa shape index (κ3) is 2.24. The van der Waals surface area contributed by atoms with Gasteiger partial charge in [0.25, 0.3) is 0 Å². The molecule has 0 radical (unpaired) electrons. The first-order valence-corrected chi connectivity index (χ1v) is 5.47. The standard InChI is InChI=1S/C11H15ClN2O/c1-8-5-11(8,13-2)7-15-9-3-4-10(12)14-6-9/h3-4,6,8,13H,5,7H2,1-2H3/t8-,11+/m1/s1. The molecule has 1 aromatic rings. The quantitative estimate of drug-likeness (QED) is 0.799. The first-order valence-electron chi connectivity index (χ1n) is 5.09. The number of nitrogens with one attached hydrogen (secondary N) is 1. The molecule has 3 nitrogen and oxygen atoms in total. The monoisotopic (exact) mass is 226 g/mol. The van der Waals surface area contributed by atoms with E-state index in [1.165, 1.54) is 6.42 Å². The van der Waals surface area contributed by atoms with Crippen LogP contribution in [0.4, 0.5) is 0 Å². The molecule has 0 aliphatic heterocycles. The average Bonchev–Trinajstić information content (AvgIpc) is 2.90. The van der Waals surface area contributed by atoms with Gasteiger partial charge in [-0.2, -0.15) is 0 Å². The Morgan fingerprint density at radius 2 is 2.40 bits per heavy atom. The van der Waals surface area contributed by atoms with Gasteiger partial charge < -0.3 is 10.1 Å². The second-order valence-corrected chi connectivity index (χ2v) is 4.50. The molecule has 1 aliphatic rings. The van der Waals surface area contributed by atoms with Crippen LogP contribution < -0.4 is 10.1 Å². The van der Waals surface area contributed by atoms with Crippen LogP contribution in [0.1, 0.15) is 13.3 Å². The van der Waals surface area contributed by atoms with Crippen LogP contribution in [0.3, 0.4) is 0 Å². The molecule has 15 heavy (non-hydrogen) atoms. The molecule has 1 saturated carbocycles. The molecular weight excluding hydrogens is 212 g/mol. The molecule has 0 aromatic carbocycles. The zero-order valence-electron chi connectivity index (χ0n) is 8.96. The van der Waals surface area contributed by atoms with Gasteiger partial charge in [-0.15, -0.1) is 0 Å². The predicted octanol–water partition coefficient (Wildman–Crippen LogP) is 2.11. The maximum absolute atomic E-state index is 5.69. The summed E-state index contributed by atoms with van der Waals surface area (Å²) in [5, 5.41) is 3.80. The van der Waals surface area contributed by atoms with Crippen molar-refractivity contribution in [2.75, 3.05) is 13.7 Å². The lowest BCUT2D eigenvalue weighted by Gasteiger charge is -2.16. The van der Waals surface area contributed by atoms with Crippen LogP contribution in [0.5, 0.6) is 5.75 Å². The maximum atomic E-state index is 5.69. The topological polar surface area (TPSA) is 34.1 Å². The van der Waals surface area contributed by atoms with E-state index < -0.39 is 0 Å². The van der Waals surface area contributed by atoms with Gasteiger partial charge in [0.1, 0.15) is 17.5 Å². The fraction of sp³-hybridized carbons (Fsp3) is 0.545. The lowest BCUT2D eigenvalue weighted by Crippen LogP contribution is -2.36. The van der Waals surface area contributed by atoms with Crippen molar-refractivity contribution >= 4 is 11.6 Å². The lowest BCUT2D eigenvalue weighted by molar-refractivity contribution is 0.249. The highest BCUT2D eigenvalue weighted by molar-refractivity contribution is 6.29. The number of rotatable bonds is 4. The van der Waals surface area contributed by atoms with E-state index in [0.29, 0.717) is 17.7 Å². The molecule has 4 heteroatoms. The van der Waals surface area contributed by atoms with Crippen molar-refractivity contribution in [2.24, 2.45) is 5.92 Å². The van der Waals surface area contributed by atoms with Crippen LogP contribution in [0.15, 0.2) is 18.3 Å². The summed E-state index contributed by atoms with van der Waals surface area (Å²) in [7, 11) is 1.98. The van der Waals surface area contributed by atoms with Crippen molar-refractivity contribution in [3.8, 4) is 5.75 Å². The maximum Gasteiger partial charge on any atom is 0.137 e. The molecule has 1 N–H and O–H groups in total. The Labute approximate surface area is 94.8 Å². The second-order valence-electron chi connectivity index (χ2n) is 4.12. The van der Waals surface area contributed by atoms with Gasteiger partial charge in [-0.1, -0.05) is 18.5 Å². The molecule has 0 bridgehead atoms. The minimum Gasteiger partial charge on any atom is -0.490 e. The molecule has 0 amide bonds. The molecule has 1 aromatic heterocycles. The number of pyridine rings is 1. The van der Waals surface area contributed by atoms with Gasteiger partial charge in [-0.05, 0) is 31.5 Å². The van der Waals surface area contributed by atoms with E-state index in [0.717, 1.165) is 5.75 Å². The molecule has 1 aliphatic carbocycles. The Bertz CT molecular complexity index is 337. The van der Waals surface area contributed by atoms with E-state index >= 15 is 0 Å². The summed E-state index contributed by atoms with van der Waals surface area (Å²) in [6.45, 7) is 2.91. The fourth-order valence-electron chi connectivity index (χ4n) is 1.77. The summed E-state index contributed by atoms with van der Waals surface area (Å²) in [6.07, 6.45) is 2.82. The van der Waals surface area contributed by atoms with Crippen molar-refractivity contribution in [3.05, 3.63) is 23.5 Å². The van der Waals surface area contributed by atoms with E-state index in [9.17, 15) is 0 Å². The molecule has 1 fully saturated rings. The molecule has 1 heterocycles. The largest absolute Gasteiger partial charge is 0.490 e. The van der Waals surface area contributed by atoms with Crippen LogP contribution in [-0.4, -0.2) is 24.2 Å². The summed E-state index contributed by atoms with van der Waals surface area (Å²) in [5.74, 6) is 1.45. The zero-order valence-corrected chi connectivity index (χ0v) is 9.71. The Kier molecular flexibility index (Phi) is 2.85. The van der Waals surface area contributed by atoms with Crippen molar-refractivity contribution in [1.82, 2.24) is 10.3 Å². The number of aromatic nitrogens is 1. The highest BCUT2D eigenvalue weighted by atomic mass is 35.5. The van der Waals surface area contributed by atoms with Gasteiger partial charge >= 0.3 is 0 Å². The minimum atomic E-state index is 0.166. The van der Waals surface area contributed by atoms with E-state index in [1.54, 1.807) is 12.3 Å². The first-order chi connectivity index (χ1) is 7.16. The first kappa shape index (κ1) is 10.7. The number of nitrogens with zero attached hydrogens (tertiary/aromatic N) is 1. The van der Waals surface area contributed by atoms with Gasteiger partial charge in [0.2, 0.25) is 0 Å². The van der Waals surface area contributed by atoms with E-state index in [-0.39, 0.29) is 5.54 Å². The lowest BCUT2D eigenvalue weighted by atomic mass is 10.2. The summed E-state index contributed by atoms with van der Waals surface area (Å²) in [5.41, 5.74) is 0.166. The van der Waals surface area contributed by atoms with Crippen molar-refractivity contribution < 1.29 is 4.74 Å². The molecule has 0 unspecified atom stereocenters. The van der Waals surface area contributed by atoms with Crippen LogP contribution in [-0.2, 0) is 0 Å². The summed E-state index contributed by atoms with van der Waals surface area (Å²) >= 11 is 5.69. The van der Waals surface area contributed by atoms with Crippen LogP contribution >= 0.6 is 11.6 Å². The van der Waals surface area contributed by atoms with E-state index in [2.05, 4.69) is 17.2 Å². The smallest absolute Gasteiger partial charge is 0.137 e. The molecule has 82 valence electrons.